The number of anilines is 1. The third-order valence-electron chi connectivity index (χ3n) is 3.85. The van der Waals surface area contributed by atoms with Gasteiger partial charge in [-0.2, -0.15) is 0 Å². The van der Waals surface area contributed by atoms with E-state index >= 15 is 0 Å². The molecule has 3 N–H and O–H groups in total. The quantitative estimate of drug-likeness (QED) is 0.860. The maximum atomic E-state index is 10.7. The largest absolute Gasteiger partial charge is 0.389 e. The SMILES string of the molecule is CCC1(C)CC(O)(Cc2ccnc(N)c2)CCO1. The third kappa shape index (κ3) is 3.00. The van der Waals surface area contributed by atoms with Gasteiger partial charge < -0.3 is 15.6 Å². The van der Waals surface area contributed by atoms with Crippen molar-refractivity contribution in [3.63, 3.8) is 0 Å². The number of aliphatic hydroxyl groups is 1. The van der Waals surface area contributed by atoms with E-state index in [1.54, 1.807) is 6.20 Å². The second-order valence-corrected chi connectivity index (χ2v) is 5.57. The van der Waals surface area contributed by atoms with E-state index in [1.165, 1.54) is 0 Å². The van der Waals surface area contributed by atoms with Crippen LogP contribution in [0, 0.1) is 0 Å². The van der Waals surface area contributed by atoms with E-state index in [9.17, 15) is 5.11 Å². The number of nitrogen functional groups attached to an aromatic ring is 1. The molecule has 0 bridgehead atoms. The first-order valence-electron chi connectivity index (χ1n) is 6.51. The molecule has 1 aromatic rings. The minimum atomic E-state index is -0.698. The topological polar surface area (TPSA) is 68.4 Å². The van der Waals surface area contributed by atoms with E-state index in [2.05, 4.69) is 18.8 Å². The molecule has 1 fully saturated rings. The zero-order valence-corrected chi connectivity index (χ0v) is 11.1. The van der Waals surface area contributed by atoms with Crippen LogP contribution < -0.4 is 5.73 Å². The molecule has 1 aliphatic rings. The number of rotatable bonds is 3. The summed E-state index contributed by atoms with van der Waals surface area (Å²) in [7, 11) is 0. The Morgan fingerprint density at radius 2 is 2.33 bits per heavy atom. The van der Waals surface area contributed by atoms with Crippen LogP contribution in [-0.2, 0) is 11.2 Å². The average Bonchev–Trinajstić information content (AvgIpc) is 2.28. The Morgan fingerprint density at radius 1 is 1.56 bits per heavy atom. The Kier molecular flexibility index (Phi) is 3.59. The first kappa shape index (κ1) is 13.3. The normalized spacial score (nSPS) is 32.4. The third-order valence-corrected chi connectivity index (χ3v) is 3.85. The van der Waals surface area contributed by atoms with Crippen LogP contribution in [0.2, 0.25) is 0 Å². The van der Waals surface area contributed by atoms with E-state index in [0.717, 1.165) is 12.0 Å². The van der Waals surface area contributed by atoms with Crippen molar-refractivity contribution in [1.29, 1.82) is 0 Å². The summed E-state index contributed by atoms with van der Waals surface area (Å²) in [5, 5.41) is 10.7. The summed E-state index contributed by atoms with van der Waals surface area (Å²) in [4.78, 5) is 3.97. The molecule has 4 heteroatoms. The lowest BCUT2D eigenvalue weighted by Crippen LogP contribution is -2.48. The van der Waals surface area contributed by atoms with Crippen molar-refractivity contribution in [3.8, 4) is 0 Å². The van der Waals surface area contributed by atoms with E-state index < -0.39 is 5.60 Å². The fraction of sp³-hybridized carbons (Fsp3) is 0.643. The number of pyridine rings is 1. The van der Waals surface area contributed by atoms with E-state index in [-0.39, 0.29) is 5.60 Å². The Balaban J connectivity index is 2.12. The Morgan fingerprint density at radius 3 is 3.00 bits per heavy atom. The molecule has 1 aliphatic heterocycles. The molecular weight excluding hydrogens is 228 g/mol. The van der Waals surface area contributed by atoms with Crippen molar-refractivity contribution in [2.75, 3.05) is 12.3 Å². The van der Waals surface area contributed by atoms with Crippen molar-refractivity contribution >= 4 is 5.82 Å². The second kappa shape index (κ2) is 4.86. The van der Waals surface area contributed by atoms with Gasteiger partial charge in [0.2, 0.25) is 0 Å². The van der Waals surface area contributed by atoms with Gasteiger partial charge in [-0.1, -0.05) is 6.92 Å². The number of hydrogen-bond acceptors (Lipinski definition) is 4. The van der Waals surface area contributed by atoms with Crippen LogP contribution in [0.25, 0.3) is 0 Å². The van der Waals surface area contributed by atoms with Crippen LogP contribution in [0.4, 0.5) is 5.82 Å². The average molecular weight is 250 g/mol. The highest BCUT2D eigenvalue weighted by atomic mass is 16.5. The van der Waals surface area contributed by atoms with Gasteiger partial charge >= 0.3 is 0 Å². The zero-order valence-electron chi connectivity index (χ0n) is 11.1. The van der Waals surface area contributed by atoms with Gasteiger partial charge in [0.25, 0.3) is 0 Å². The van der Waals surface area contributed by atoms with Crippen LogP contribution in [0.5, 0.6) is 0 Å². The monoisotopic (exact) mass is 250 g/mol. The van der Waals surface area contributed by atoms with E-state index in [1.807, 2.05) is 12.1 Å². The van der Waals surface area contributed by atoms with Crippen LogP contribution in [0.15, 0.2) is 18.3 Å². The highest BCUT2D eigenvalue weighted by molar-refractivity contribution is 5.32. The van der Waals surface area contributed by atoms with Crippen LogP contribution in [-0.4, -0.2) is 27.9 Å². The molecule has 0 amide bonds. The molecule has 1 aromatic heterocycles. The lowest BCUT2D eigenvalue weighted by molar-refractivity contribution is -0.152. The Hall–Kier alpha value is -1.13. The Bertz CT molecular complexity index is 424. The fourth-order valence-electron chi connectivity index (χ4n) is 2.69. The first-order chi connectivity index (χ1) is 8.45. The molecular formula is C14H22N2O2. The van der Waals surface area contributed by atoms with Gasteiger partial charge in [0.15, 0.2) is 0 Å². The summed E-state index contributed by atoms with van der Waals surface area (Å²) in [5.41, 5.74) is 5.79. The van der Waals surface area contributed by atoms with Crippen LogP contribution >= 0.6 is 0 Å². The molecule has 2 rings (SSSR count). The Labute approximate surface area is 108 Å². The second-order valence-electron chi connectivity index (χ2n) is 5.57. The van der Waals surface area contributed by atoms with Gasteiger partial charge in [0, 0.05) is 19.0 Å². The summed E-state index contributed by atoms with van der Waals surface area (Å²) in [5.74, 6) is 0.501. The van der Waals surface area contributed by atoms with E-state index in [0.29, 0.717) is 31.7 Å². The smallest absolute Gasteiger partial charge is 0.123 e. The van der Waals surface area contributed by atoms with Crippen molar-refractivity contribution < 1.29 is 9.84 Å². The molecule has 4 nitrogen and oxygen atoms in total. The number of hydrogen-bond donors (Lipinski definition) is 2. The zero-order chi connectivity index (χ0) is 13.2. The minimum Gasteiger partial charge on any atom is -0.389 e. The molecule has 0 spiro atoms. The molecule has 0 radical (unpaired) electrons. The lowest BCUT2D eigenvalue weighted by Gasteiger charge is -2.43. The van der Waals surface area contributed by atoms with Crippen LogP contribution in [0.1, 0.15) is 38.7 Å². The predicted octanol–water partition coefficient (Wildman–Crippen LogP) is 1.92. The summed E-state index contributed by atoms with van der Waals surface area (Å²) in [6.07, 6.45) is 4.54. The summed E-state index contributed by atoms with van der Waals surface area (Å²) in [6.45, 7) is 4.77. The molecule has 2 unspecified atom stereocenters. The first-order valence-corrected chi connectivity index (χ1v) is 6.51. The molecule has 0 aromatic carbocycles. The molecule has 2 atom stereocenters. The maximum Gasteiger partial charge on any atom is 0.123 e. The fourth-order valence-corrected chi connectivity index (χ4v) is 2.69. The van der Waals surface area contributed by atoms with Crippen molar-refractivity contribution in [3.05, 3.63) is 23.9 Å². The highest BCUT2D eigenvalue weighted by Gasteiger charge is 2.40. The summed E-state index contributed by atoms with van der Waals surface area (Å²) < 4.78 is 5.77. The standard InChI is InChI=1S/C14H22N2O2/c1-3-13(2)10-14(17,5-7-18-13)9-11-4-6-16-12(15)8-11/h4,6,8,17H,3,5,7,9-10H2,1-2H3,(H2,15,16). The molecule has 2 heterocycles. The molecule has 18 heavy (non-hydrogen) atoms. The molecule has 1 saturated heterocycles. The number of nitrogens with zero attached hydrogens (tertiary/aromatic N) is 1. The van der Waals surface area contributed by atoms with Crippen LogP contribution in [0.3, 0.4) is 0 Å². The van der Waals surface area contributed by atoms with Gasteiger partial charge in [-0.05, 0) is 37.5 Å². The highest BCUT2D eigenvalue weighted by Crippen LogP contribution is 2.36. The van der Waals surface area contributed by atoms with E-state index in [4.69, 9.17) is 10.5 Å². The van der Waals surface area contributed by atoms with Gasteiger partial charge in [-0.25, -0.2) is 4.98 Å². The van der Waals surface area contributed by atoms with Gasteiger partial charge in [-0.3, -0.25) is 0 Å². The summed E-state index contributed by atoms with van der Waals surface area (Å²) >= 11 is 0. The number of ether oxygens (including phenoxy) is 1. The number of aromatic nitrogens is 1. The predicted molar refractivity (Wildman–Crippen MR) is 71.2 cm³/mol. The molecule has 0 saturated carbocycles. The van der Waals surface area contributed by atoms with Gasteiger partial charge in [-0.15, -0.1) is 0 Å². The molecule has 100 valence electrons. The van der Waals surface area contributed by atoms with Crippen molar-refractivity contribution in [2.45, 2.75) is 50.7 Å². The number of nitrogens with two attached hydrogens (primary N) is 1. The lowest BCUT2D eigenvalue weighted by atomic mass is 9.78. The van der Waals surface area contributed by atoms with Gasteiger partial charge in [0.1, 0.15) is 5.82 Å². The summed E-state index contributed by atoms with van der Waals surface area (Å²) in [6, 6.07) is 3.74. The van der Waals surface area contributed by atoms with Gasteiger partial charge in [0.05, 0.1) is 17.8 Å². The minimum absolute atomic E-state index is 0.217. The maximum absolute atomic E-state index is 10.7. The van der Waals surface area contributed by atoms with Crippen molar-refractivity contribution in [1.82, 2.24) is 4.98 Å². The van der Waals surface area contributed by atoms with Crippen molar-refractivity contribution in [2.24, 2.45) is 0 Å². The molecule has 0 aliphatic carbocycles.